The average molecular weight is 426 g/mol. The molecule has 0 spiro atoms. The molecule has 1 fully saturated rings. The van der Waals surface area contributed by atoms with Crippen LogP contribution in [0.4, 0.5) is 16.2 Å². The maximum atomic E-state index is 12.7. The van der Waals surface area contributed by atoms with Crippen LogP contribution in [0.15, 0.2) is 60.7 Å². The fraction of sp³-hybridized carbons (Fsp3) is 0.192. The number of benzene rings is 3. The van der Waals surface area contributed by atoms with Gasteiger partial charge in [0.2, 0.25) is 5.91 Å². The van der Waals surface area contributed by atoms with Crippen LogP contribution in [0.1, 0.15) is 33.5 Å². The summed E-state index contributed by atoms with van der Waals surface area (Å²) in [5.74, 6) is -0.129. The lowest BCUT2D eigenvalue weighted by Gasteiger charge is -2.19. The number of hydrogen-bond acceptors (Lipinski definition) is 4. The first-order chi connectivity index (χ1) is 15.4. The van der Waals surface area contributed by atoms with Gasteiger partial charge in [-0.05, 0) is 54.3 Å². The number of nitrogens with zero attached hydrogens (tertiary/aromatic N) is 1. The highest BCUT2D eigenvalue weighted by atomic mass is 16.6. The van der Waals surface area contributed by atoms with Crippen molar-refractivity contribution in [2.75, 3.05) is 16.8 Å². The van der Waals surface area contributed by atoms with Gasteiger partial charge in [-0.15, -0.1) is 0 Å². The third-order valence-corrected chi connectivity index (χ3v) is 5.99. The van der Waals surface area contributed by atoms with E-state index in [1.54, 1.807) is 23.1 Å². The van der Waals surface area contributed by atoms with Crippen molar-refractivity contribution in [3.05, 3.63) is 82.9 Å². The maximum absolute atomic E-state index is 12.7. The lowest BCUT2D eigenvalue weighted by Crippen LogP contribution is -2.28. The number of carbonyl (C=O) groups is 3. The predicted molar refractivity (Wildman–Crippen MR) is 122 cm³/mol. The van der Waals surface area contributed by atoms with Crippen molar-refractivity contribution in [3.8, 4) is 11.1 Å². The Bertz CT molecular complexity index is 1280. The van der Waals surface area contributed by atoms with Crippen LogP contribution in [-0.4, -0.2) is 30.4 Å². The zero-order valence-corrected chi connectivity index (χ0v) is 17.8. The molecule has 160 valence electrons. The van der Waals surface area contributed by atoms with Gasteiger partial charge < -0.3 is 9.64 Å². The van der Waals surface area contributed by atoms with Gasteiger partial charge in [-0.3, -0.25) is 14.9 Å². The minimum Gasteiger partial charge on any atom is -0.444 e. The van der Waals surface area contributed by atoms with Crippen LogP contribution in [0.5, 0.6) is 0 Å². The SMILES string of the molecule is Cc1ccc(C)c(N2CC(OC(=O)Nc3ccc4c(c3)C(=O)c3ccccc3-4)CC2=O)c1. The van der Waals surface area contributed by atoms with E-state index in [9.17, 15) is 14.4 Å². The second kappa shape index (κ2) is 7.64. The van der Waals surface area contributed by atoms with Crippen LogP contribution in [0.2, 0.25) is 0 Å². The number of ether oxygens (including phenoxy) is 1. The number of fused-ring (bicyclic) bond motifs is 3. The molecule has 3 aromatic carbocycles. The molecule has 6 nitrogen and oxygen atoms in total. The molecule has 0 aromatic heterocycles. The normalized spacial score (nSPS) is 16.7. The van der Waals surface area contributed by atoms with Gasteiger partial charge in [0, 0.05) is 22.5 Å². The molecule has 5 rings (SSSR count). The molecule has 32 heavy (non-hydrogen) atoms. The molecule has 1 aliphatic carbocycles. The maximum Gasteiger partial charge on any atom is 0.411 e. The summed E-state index contributed by atoms with van der Waals surface area (Å²) in [5, 5.41) is 2.69. The third-order valence-electron chi connectivity index (χ3n) is 5.99. The van der Waals surface area contributed by atoms with Crippen molar-refractivity contribution in [2.45, 2.75) is 26.4 Å². The molecule has 1 unspecified atom stereocenters. The lowest BCUT2D eigenvalue weighted by molar-refractivity contribution is -0.117. The molecule has 1 heterocycles. The monoisotopic (exact) mass is 426 g/mol. The number of carbonyl (C=O) groups excluding carboxylic acids is 3. The molecule has 0 radical (unpaired) electrons. The Kier molecular flexibility index (Phi) is 4.78. The molecule has 0 saturated carbocycles. The fourth-order valence-corrected chi connectivity index (χ4v) is 4.40. The van der Waals surface area contributed by atoms with E-state index in [1.165, 1.54) is 0 Å². The molecule has 1 N–H and O–H groups in total. The smallest absolute Gasteiger partial charge is 0.411 e. The van der Waals surface area contributed by atoms with Crippen molar-refractivity contribution in [1.29, 1.82) is 0 Å². The van der Waals surface area contributed by atoms with Crippen LogP contribution in [0.3, 0.4) is 0 Å². The molecule has 2 amide bonds. The summed E-state index contributed by atoms with van der Waals surface area (Å²) in [6.45, 7) is 4.25. The summed E-state index contributed by atoms with van der Waals surface area (Å²) in [4.78, 5) is 39.4. The van der Waals surface area contributed by atoms with E-state index < -0.39 is 12.2 Å². The second-order valence-corrected chi connectivity index (χ2v) is 8.29. The quantitative estimate of drug-likeness (QED) is 0.507. The number of rotatable bonds is 3. The Hall–Kier alpha value is -3.93. The molecular weight excluding hydrogens is 404 g/mol. The number of amides is 2. The summed E-state index contributed by atoms with van der Waals surface area (Å²) in [5.41, 5.74) is 6.36. The Morgan fingerprint density at radius 2 is 1.69 bits per heavy atom. The molecular formula is C26H22N2O4. The van der Waals surface area contributed by atoms with Crippen molar-refractivity contribution in [3.63, 3.8) is 0 Å². The van der Waals surface area contributed by atoms with Gasteiger partial charge in [0.15, 0.2) is 5.78 Å². The summed E-state index contributed by atoms with van der Waals surface area (Å²) >= 11 is 0. The molecule has 1 saturated heterocycles. The number of hydrogen-bond donors (Lipinski definition) is 1. The van der Waals surface area contributed by atoms with E-state index in [-0.39, 0.29) is 18.1 Å². The number of ketones is 1. The topological polar surface area (TPSA) is 75.7 Å². The predicted octanol–water partition coefficient (Wildman–Crippen LogP) is 4.87. The van der Waals surface area contributed by atoms with Crippen LogP contribution >= 0.6 is 0 Å². The third kappa shape index (κ3) is 3.43. The van der Waals surface area contributed by atoms with Gasteiger partial charge in [-0.2, -0.15) is 0 Å². The largest absolute Gasteiger partial charge is 0.444 e. The van der Waals surface area contributed by atoms with Crippen molar-refractivity contribution >= 4 is 29.2 Å². The average Bonchev–Trinajstić information content (AvgIpc) is 3.27. The highest BCUT2D eigenvalue weighted by Gasteiger charge is 2.34. The highest BCUT2D eigenvalue weighted by molar-refractivity contribution is 6.22. The Morgan fingerprint density at radius 3 is 2.50 bits per heavy atom. The van der Waals surface area contributed by atoms with Gasteiger partial charge >= 0.3 is 6.09 Å². The van der Waals surface area contributed by atoms with Crippen molar-refractivity contribution in [2.24, 2.45) is 0 Å². The number of aryl methyl sites for hydroxylation is 2. The minimum absolute atomic E-state index is 0.0572. The molecule has 2 aliphatic rings. The van der Waals surface area contributed by atoms with Crippen LogP contribution in [0.25, 0.3) is 11.1 Å². The Morgan fingerprint density at radius 1 is 0.938 bits per heavy atom. The van der Waals surface area contributed by atoms with Crippen LogP contribution in [-0.2, 0) is 9.53 Å². The van der Waals surface area contributed by atoms with E-state index in [0.717, 1.165) is 27.9 Å². The zero-order chi connectivity index (χ0) is 22.4. The van der Waals surface area contributed by atoms with Crippen LogP contribution in [0, 0.1) is 13.8 Å². The number of anilines is 2. The first-order valence-corrected chi connectivity index (χ1v) is 10.5. The first-order valence-electron chi connectivity index (χ1n) is 10.5. The Balaban J connectivity index is 1.27. The first kappa shape index (κ1) is 20.0. The number of nitrogens with one attached hydrogen (secondary N) is 1. The Labute approximate surface area is 185 Å². The molecule has 1 atom stereocenters. The fourth-order valence-electron chi connectivity index (χ4n) is 4.40. The molecule has 0 bridgehead atoms. The molecule has 6 heteroatoms. The standard InChI is InChI=1S/C26H22N2O4/c1-15-7-8-16(2)23(11-15)28-14-18(13-24(28)29)32-26(31)27-17-9-10-20-19-5-3-4-6-21(19)25(30)22(20)12-17/h3-12,18H,13-14H2,1-2H3,(H,27,31). The van der Waals surface area contributed by atoms with Gasteiger partial charge in [0.05, 0.1) is 13.0 Å². The van der Waals surface area contributed by atoms with E-state index >= 15 is 0 Å². The van der Waals surface area contributed by atoms with Crippen LogP contribution < -0.4 is 10.2 Å². The highest BCUT2D eigenvalue weighted by Crippen LogP contribution is 2.37. The van der Waals surface area contributed by atoms with Gasteiger partial charge in [0.25, 0.3) is 0 Å². The molecule has 1 aliphatic heterocycles. The van der Waals surface area contributed by atoms with Gasteiger partial charge in [-0.1, -0.05) is 42.5 Å². The van der Waals surface area contributed by atoms with Crippen molar-refractivity contribution < 1.29 is 19.1 Å². The second-order valence-electron chi connectivity index (χ2n) is 8.29. The summed E-state index contributed by atoms with van der Waals surface area (Å²) in [6.07, 6.45) is -1.05. The van der Waals surface area contributed by atoms with Gasteiger partial charge in [0.1, 0.15) is 6.10 Å². The summed E-state index contributed by atoms with van der Waals surface area (Å²) < 4.78 is 5.52. The minimum atomic E-state index is -0.645. The van der Waals surface area contributed by atoms with Crippen molar-refractivity contribution in [1.82, 2.24) is 0 Å². The van der Waals surface area contributed by atoms with E-state index in [4.69, 9.17) is 4.74 Å². The summed E-state index contributed by atoms with van der Waals surface area (Å²) in [6, 6.07) is 18.6. The van der Waals surface area contributed by atoms with E-state index in [0.29, 0.717) is 23.4 Å². The van der Waals surface area contributed by atoms with E-state index in [1.807, 2.05) is 56.3 Å². The summed E-state index contributed by atoms with van der Waals surface area (Å²) in [7, 11) is 0. The zero-order valence-electron chi connectivity index (χ0n) is 17.8. The lowest BCUT2D eigenvalue weighted by atomic mass is 10.1. The van der Waals surface area contributed by atoms with E-state index in [2.05, 4.69) is 5.32 Å². The van der Waals surface area contributed by atoms with Gasteiger partial charge in [-0.25, -0.2) is 4.79 Å². The molecule has 3 aromatic rings.